The Hall–Kier alpha value is -2.10. The van der Waals surface area contributed by atoms with Gasteiger partial charge in [0, 0.05) is 36.0 Å². The number of hydrogen-bond acceptors (Lipinski definition) is 9. The molecule has 8 atom stereocenters. The van der Waals surface area contributed by atoms with Crippen molar-refractivity contribution in [3.8, 4) is 0 Å². The van der Waals surface area contributed by atoms with Crippen LogP contribution in [0.2, 0.25) is 0 Å². The van der Waals surface area contributed by atoms with Gasteiger partial charge in [-0.15, -0.1) is 0 Å². The predicted octanol–water partition coefficient (Wildman–Crippen LogP) is 2.04. The second-order valence-corrected chi connectivity index (χ2v) is 11.8. The summed E-state index contributed by atoms with van der Waals surface area (Å²) in [4.78, 5) is 49.3. The fourth-order valence-corrected chi connectivity index (χ4v) is 8.18. The van der Waals surface area contributed by atoms with Crippen molar-refractivity contribution in [2.45, 2.75) is 96.4 Å². The maximum atomic E-state index is 12.8. The molecule has 4 rings (SSSR count). The lowest BCUT2D eigenvalue weighted by Gasteiger charge is -2.61. The van der Waals surface area contributed by atoms with Gasteiger partial charge in [0.05, 0.1) is 12.7 Å². The molecule has 0 aromatic carbocycles. The number of aliphatic hydroxyl groups excluding tert-OH is 2. The van der Waals surface area contributed by atoms with Gasteiger partial charge in [-0.1, -0.05) is 26.3 Å². The van der Waals surface area contributed by atoms with E-state index in [1.165, 1.54) is 0 Å². The quantitative estimate of drug-likeness (QED) is 0.323. The summed E-state index contributed by atoms with van der Waals surface area (Å²) in [6, 6.07) is 0. The highest BCUT2D eigenvalue weighted by atomic mass is 16.5. The lowest BCUT2D eigenvalue weighted by atomic mass is 9.44. The fourth-order valence-electron chi connectivity index (χ4n) is 8.18. The third kappa shape index (κ3) is 4.46. The Kier molecular flexibility index (Phi) is 7.72. The largest absolute Gasteiger partial charge is 0.466 e. The van der Waals surface area contributed by atoms with Crippen molar-refractivity contribution in [1.82, 2.24) is 0 Å². The summed E-state index contributed by atoms with van der Waals surface area (Å²) in [5.41, 5.74) is -2.45. The van der Waals surface area contributed by atoms with Crippen molar-refractivity contribution in [1.29, 1.82) is 0 Å². The Morgan fingerprint density at radius 1 is 1.16 bits per heavy atom. The number of carbonyl (C=O) groups is 4. The number of aliphatic hydroxyl groups is 3. The van der Waals surface area contributed by atoms with Gasteiger partial charge >= 0.3 is 11.9 Å². The number of hydrogen-bond donors (Lipinski definition) is 3. The van der Waals surface area contributed by atoms with E-state index in [2.05, 4.69) is 0 Å². The van der Waals surface area contributed by atoms with Gasteiger partial charge in [0.1, 0.15) is 18.3 Å². The van der Waals surface area contributed by atoms with Crippen molar-refractivity contribution >= 4 is 23.5 Å². The number of ether oxygens (including phenoxy) is 2. The van der Waals surface area contributed by atoms with Gasteiger partial charge in [-0.3, -0.25) is 19.2 Å². The molecule has 37 heavy (non-hydrogen) atoms. The van der Waals surface area contributed by atoms with Crippen LogP contribution in [-0.4, -0.2) is 69.8 Å². The normalized spacial score (nSPS) is 40.6. The van der Waals surface area contributed by atoms with E-state index < -0.39 is 47.0 Å². The van der Waals surface area contributed by atoms with E-state index in [9.17, 15) is 34.5 Å². The van der Waals surface area contributed by atoms with Gasteiger partial charge in [-0.2, -0.15) is 0 Å². The molecule has 4 aliphatic rings. The zero-order chi connectivity index (χ0) is 27.2. The number of Topliss-reactive ketones (excluding diaryl/α,β-unsaturated/α-hetero) is 1. The summed E-state index contributed by atoms with van der Waals surface area (Å²) in [5, 5.41) is 32.5. The highest BCUT2D eigenvalue weighted by Gasteiger charge is 2.69. The predicted molar refractivity (Wildman–Crippen MR) is 131 cm³/mol. The average Bonchev–Trinajstić information content (AvgIpc) is 3.12. The first-order valence-corrected chi connectivity index (χ1v) is 13.6. The van der Waals surface area contributed by atoms with E-state index in [1.54, 1.807) is 13.0 Å². The maximum Gasteiger partial charge on any atom is 0.306 e. The highest BCUT2D eigenvalue weighted by molar-refractivity contribution is 5.92. The molecule has 0 amide bonds. The summed E-state index contributed by atoms with van der Waals surface area (Å²) >= 11 is 0. The number of ketones is 2. The molecule has 3 fully saturated rings. The molecule has 0 saturated heterocycles. The number of rotatable bonds is 8. The second kappa shape index (κ2) is 10.2. The van der Waals surface area contributed by atoms with Gasteiger partial charge in [0.15, 0.2) is 11.6 Å². The fraction of sp³-hybridized carbons (Fsp3) is 0.786. The molecule has 0 bridgehead atoms. The summed E-state index contributed by atoms with van der Waals surface area (Å²) in [6.45, 7) is 4.88. The minimum absolute atomic E-state index is 0.0291. The van der Waals surface area contributed by atoms with Crippen LogP contribution in [0.25, 0.3) is 0 Å². The van der Waals surface area contributed by atoms with Crippen LogP contribution in [0, 0.1) is 28.6 Å². The summed E-state index contributed by atoms with van der Waals surface area (Å²) in [5.74, 6) is -1.94. The second-order valence-electron chi connectivity index (χ2n) is 11.8. The Morgan fingerprint density at radius 2 is 1.89 bits per heavy atom. The lowest BCUT2D eigenvalue weighted by molar-refractivity contribution is -0.197. The van der Waals surface area contributed by atoms with E-state index >= 15 is 0 Å². The SMILES string of the molecule is CCC(=O)OCCCC(=O)OC1CC(=O)C=C2CC[C@@H]3[C@H]([C@@H](O)C[C@@]4(C)[C@H]3CC[C@]4(O)C(=O)CO)[C@]21C. The molecule has 4 aliphatic carbocycles. The summed E-state index contributed by atoms with van der Waals surface area (Å²) in [7, 11) is 0. The molecule has 0 radical (unpaired) electrons. The lowest BCUT2D eigenvalue weighted by Crippen LogP contribution is -2.64. The van der Waals surface area contributed by atoms with Gasteiger partial charge in [0.25, 0.3) is 0 Å². The zero-order valence-electron chi connectivity index (χ0n) is 22.0. The first-order valence-electron chi connectivity index (χ1n) is 13.6. The number of fused-ring (bicyclic) bond motifs is 5. The van der Waals surface area contributed by atoms with Crippen molar-refractivity contribution in [2.24, 2.45) is 28.6 Å². The summed E-state index contributed by atoms with van der Waals surface area (Å²) < 4.78 is 10.9. The Labute approximate surface area is 217 Å². The minimum atomic E-state index is -1.69. The van der Waals surface area contributed by atoms with Gasteiger partial charge < -0.3 is 24.8 Å². The van der Waals surface area contributed by atoms with Crippen LogP contribution in [-0.2, 0) is 28.7 Å². The average molecular weight is 521 g/mol. The van der Waals surface area contributed by atoms with Crippen molar-refractivity contribution in [2.75, 3.05) is 13.2 Å². The number of carbonyl (C=O) groups excluding carboxylic acids is 4. The molecule has 0 aliphatic heterocycles. The van der Waals surface area contributed by atoms with Crippen LogP contribution in [0.1, 0.15) is 78.6 Å². The molecule has 0 spiro atoms. The zero-order valence-corrected chi connectivity index (χ0v) is 22.0. The molecule has 9 nitrogen and oxygen atoms in total. The Morgan fingerprint density at radius 3 is 2.57 bits per heavy atom. The molecule has 1 unspecified atom stereocenters. The molecule has 3 N–H and O–H groups in total. The molecule has 3 saturated carbocycles. The van der Waals surface area contributed by atoms with E-state index in [-0.39, 0.29) is 68.2 Å². The molecule has 9 heteroatoms. The smallest absolute Gasteiger partial charge is 0.306 e. The molecule has 0 aromatic rings. The van der Waals surface area contributed by atoms with Gasteiger partial charge in [-0.05, 0) is 56.4 Å². The topological polar surface area (TPSA) is 147 Å². The minimum Gasteiger partial charge on any atom is -0.466 e. The first kappa shape index (κ1) is 27.9. The van der Waals surface area contributed by atoms with E-state index in [0.717, 1.165) is 5.57 Å². The van der Waals surface area contributed by atoms with Crippen molar-refractivity contribution < 1.29 is 44.0 Å². The van der Waals surface area contributed by atoms with E-state index in [0.29, 0.717) is 25.7 Å². The summed E-state index contributed by atoms with van der Waals surface area (Å²) in [6.07, 6.45) is 2.99. The molecule has 206 valence electrons. The van der Waals surface area contributed by atoms with Crippen LogP contribution in [0.3, 0.4) is 0 Å². The molecule has 0 heterocycles. The van der Waals surface area contributed by atoms with Crippen LogP contribution in [0.5, 0.6) is 0 Å². The number of esters is 2. The molecular weight excluding hydrogens is 480 g/mol. The van der Waals surface area contributed by atoms with Gasteiger partial charge in [-0.25, -0.2) is 0 Å². The first-order chi connectivity index (χ1) is 17.4. The van der Waals surface area contributed by atoms with E-state index in [1.807, 2.05) is 13.8 Å². The molecule has 0 aromatic heterocycles. The monoisotopic (exact) mass is 520 g/mol. The Balaban J connectivity index is 1.57. The van der Waals surface area contributed by atoms with Crippen LogP contribution >= 0.6 is 0 Å². The van der Waals surface area contributed by atoms with Crippen LogP contribution in [0.4, 0.5) is 0 Å². The maximum absolute atomic E-state index is 12.8. The third-order valence-corrected chi connectivity index (χ3v) is 10.1. The Bertz CT molecular complexity index is 988. The van der Waals surface area contributed by atoms with E-state index in [4.69, 9.17) is 9.47 Å². The van der Waals surface area contributed by atoms with Crippen molar-refractivity contribution in [3.63, 3.8) is 0 Å². The van der Waals surface area contributed by atoms with Crippen LogP contribution < -0.4 is 0 Å². The third-order valence-electron chi connectivity index (χ3n) is 10.1. The van der Waals surface area contributed by atoms with Crippen molar-refractivity contribution in [3.05, 3.63) is 11.6 Å². The highest BCUT2D eigenvalue weighted by Crippen LogP contribution is 2.67. The molecular formula is C28H40O9. The van der Waals surface area contributed by atoms with Crippen LogP contribution in [0.15, 0.2) is 11.6 Å². The van der Waals surface area contributed by atoms with Gasteiger partial charge in [0.2, 0.25) is 0 Å². The standard InChI is InChI=1S/C28H40O9/c1-4-23(33)36-11-5-6-24(34)37-22-13-17(30)12-16-7-8-18-19-9-10-28(35,21(32)15-29)26(19,2)14-20(31)25(18)27(16,22)3/h12,18-20,22,25,29,31,35H,4-11,13-15H2,1-3H3/t18-,19-,20-,22?,25+,26-,27+,28-/m0/s1.